The van der Waals surface area contributed by atoms with Gasteiger partial charge in [-0.25, -0.2) is 14.8 Å². The summed E-state index contributed by atoms with van der Waals surface area (Å²) in [5.74, 6) is -0.497. The summed E-state index contributed by atoms with van der Waals surface area (Å²) in [4.78, 5) is 19.5. The smallest absolute Gasteiger partial charge is 0.337 e. The van der Waals surface area contributed by atoms with Gasteiger partial charge in [-0.05, 0) is 12.5 Å². The van der Waals surface area contributed by atoms with Gasteiger partial charge in [-0.3, -0.25) is 0 Å². The molecule has 0 saturated carbocycles. The van der Waals surface area contributed by atoms with Gasteiger partial charge in [0.05, 0.1) is 11.1 Å². The van der Waals surface area contributed by atoms with Crippen molar-refractivity contribution in [2.24, 2.45) is 0 Å². The fourth-order valence-corrected chi connectivity index (χ4v) is 1.69. The van der Waals surface area contributed by atoms with Crippen LogP contribution in [0.5, 0.6) is 0 Å². The quantitative estimate of drug-likeness (QED) is 0.792. The summed E-state index contributed by atoms with van der Waals surface area (Å²) < 4.78 is 0. The van der Waals surface area contributed by atoms with E-state index in [1.165, 1.54) is 0 Å². The van der Waals surface area contributed by atoms with E-state index in [-0.39, 0.29) is 5.56 Å². The van der Waals surface area contributed by atoms with E-state index in [2.05, 4.69) is 22.2 Å². The summed E-state index contributed by atoms with van der Waals surface area (Å²) in [6.07, 6.45) is 3.76. The van der Waals surface area contributed by atoms with Crippen molar-refractivity contribution < 1.29 is 9.90 Å². The van der Waals surface area contributed by atoms with Crippen LogP contribution >= 0.6 is 0 Å². The molecule has 0 bridgehead atoms. The van der Waals surface area contributed by atoms with Crippen LogP contribution in [-0.4, -0.2) is 27.6 Å². The van der Waals surface area contributed by atoms with Crippen LogP contribution in [0.25, 0.3) is 10.9 Å². The summed E-state index contributed by atoms with van der Waals surface area (Å²) in [5, 5.41) is 12.9. The van der Waals surface area contributed by atoms with Gasteiger partial charge in [0, 0.05) is 18.1 Å². The molecule has 2 aromatic rings. The SMILES string of the molecule is CCCCNc1ncc2cccc(C(=O)O)c2n1. The second-order valence-electron chi connectivity index (χ2n) is 4.02. The molecule has 0 aliphatic heterocycles. The van der Waals surface area contributed by atoms with E-state index in [9.17, 15) is 4.79 Å². The van der Waals surface area contributed by atoms with Crippen molar-refractivity contribution in [2.75, 3.05) is 11.9 Å². The van der Waals surface area contributed by atoms with Crippen molar-refractivity contribution in [3.63, 3.8) is 0 Å². The number of aromatic carboxylic acids is 1. The predicted molar refractivity (Wildman–Crippen MR) is 69.9 cm³/mol. The van der Waals surface area contributed by atoms with Crippen LogP contribution in [0.4, 0.5) is 5.95 Å². The molecule has 0 aliphatic carbocycles. The number of hydrogen-bond acceptors (Lipinski definition) is 4. The Labute approximate surface area is 105 Å². The summed E-state index contributed by atoms with van der Waals surface area (Å²) in [6, 6.07) is 5.05. The first-order valence-electron chi connectivity index (χ1n) is 5.95. The summed E-state index contributed by atoms with van der Waals surface area (Å²) >= 11 is 0. The Kier molecular flexibility index (Phi) is 3.72. The van der Waals surface area contributed by atoms with Gasteiger partial charge in [-0.15, -0.1) is 0 Å². The normalized spacial score (nSPS) is 10.5. The number of benzene rings is 1. The van der Waals surface area contributed by atoms with Crippen LogP contribution in [0.1, 0.15) is 30.1 Å². The Balaban J connectivity index is 2.36. The Bertz CT molecular complexity index is 569. The number of aromatic nitrogens is 2. The molecule has 18 heavy (non-hydrogen) atoms. The van der Waals surface area contributed by atoms with Crippen LogP contribution in [0, 0.1) is 0 Å². The van der Waals surface area contributed by atoms with Gasteiger partial charge in [-0.1, -0.05) is 25.5 Å². The second kappa shape index (κ2) is 5.44. The number of anilines is 1. The van der Waals surface area contributed by atoms with Gasteiger partial charge in [-0.2, -0.15) is 0 Å². The van der Waals surface area contributed by atoms with Crippen LogP contribution in [0.15, 0.2) is 24.4 Å². The summed E-state index contributed by atoms with van der Waals surface area (Å²) in [5.41, 5.74) is 0.674. The zero-order valence-corrected chi connectivity index (χ0v) is 10.2. The van der Waals surface area contributed by atoms with Crippen molar-refractivity contribution in [1.82, 2.24) is 9.97 Å². The lowest BCUT2D eigenvalue weighted by atomic mass is 10.1. The van der Waals surface area contributed by atoms with Gasteiger partial charge in [0.2, 0.25) is 5.95 Å². The highest BCUT2D eigenvalue weighted by atomic mass is 16.4. The standard InChI is InChI=1S/C13H15N3O2/c1-2-3-7-14-13-15-8-9-5-4-6-10(12(17)18)11(9)16-13/h4-6,8H,2-3,7H2,1H3,(H,17,18)(H,14,15,16). The van der Waals surface area contributed by atoms with Crippen molar-refractivity contribution in [3.8, 4) is 0 Å². The third kappa shape index (κ3) is 2.56. The van der Waals surface area contributed by atoms with Gasteiger partial charge >= 0.3 is 5.97 Å². The molecule has 0 fully saturated rings. The monoisotopic (exact) mass is 245 g/mol. The Morgan fingerprint density at radius 2 is 2.28 bits per heavy atom. The number of nitrogens with zero attached hydrogens (tertiary/aromatic N) is 2. The first-order valence-corrected chi connectivity index (χ1v) is 5.95. The zero-order chi connectivity index (χ0) is 13.0. The Morgan fingerprint density at radius 3 is 3.00 bits per heavy atom. The molecular weight excluding hydrogens is 230 g/mol. The molecule has 2 N–H and O–H groups in total. The largest absolute Gasteiger partial charge is 0.478 e. The van der Waals surface area contributed by atoms with E-state index < -0.39 is 5.97 Å². The number of carbonyl (C=O) groups is 1. The third-order valence-corrected chi connectivity index (χ3v) is 2.65. The fraction of sp³-hybridized carbons (Fsp3) is 0.308. The molecule has 1 aromatic heterocycles. The molecule has 1 aromatic carbocycles. The molecule has 94 valence electrons. The number of carboxylic acid groups (broad SMARTS) is 1. The van der Waals surface area contributed by atoms with E-state index in [1.54, 1.807) is 24.4 Å². The third-order valence-electron chi connectivity index (χ3n) is 2.65. The van der Waals surface area contributed by atoms with Gasteiger partial charge in [0.25, 0.3) is 0 Å². The molecule has 0 atom stereocenters. The van der Waals surface area contributed by atoms with E-state index in [1.807, 2.05) is 0 Å². The first kappa shape index (κ1) is 12.3. The number of carboxylic acids is 1. The van der Waals surface area contributed by atoms with Crippen LogP contribution in [0.2, 0.25) is 0 Å². The van der Waals surface area contributed by atoms with Crippen molar-refractivity contribution >= 4 is 22.8 Å². The number of fused-ring (bicyclic) bond motifs is 1. The van der Waals surface area contributed by atoms with Gasteiger partial charge in [0.15, 0.2) is 0 Å². The summed E-state index contributed by atoms with van der Waals surface area (Å²) in [6.45, 7) is 2.89. The van der Waals surface area contributed by atoms with E-state index in [0.29, 0.717) is 11.5 Å². The lowest BCUT2D eigenvalue weighted by Crippen LogP contribution is -2.06. The highest BCUT2D eigenvalue weighted by Crippen LogP contribution is 2.17. The van der Waals surface area contributed by atoms with Crippen LogP contribution < -0.4 is 5.32 Å². The summed E-state index contributed by atoms with van der Waals surface area (Å²) in [7, 11) is 0. The Hall–Kier alpha value is -2.17. The predicted octanol–water partition coefficient (Wildman–Crippen LogP) is 2.54. The zero-order valence-electron chi connectivity index (χ0n) is 10.2. The van der Waals surface area contributed by atoms with Crippen molar-refractivity contribution in [1.29, 1.82) is 0 Å². The molecule has 5 nitrogen and oxygen atoms in total. The van der Waals surface area contributed by atoms with Crippen LogP contribution in [-0.2, 0) is 0 Å². The molecule has 0 saturated heterocycles. The number of unbranched alkanes of at least 4 members (excludes halogenated alkanes) is 1. The average molecular weight is 245 g/mol. The fourth-order valence-electron chi connectivity index (χ4n) is 1.69. The molecule has 2 rings (SSSR count). The van der Waals surface area contributed by atoms with Crippen molar-refractivity contribution in [2.45, 2.75) is 19.8 Å². The first-order chi connectivity index (χ1) is 8.72. The molecule has 1 heterocycles. The molecule has 5 heteroatoms. The maximum absolute atomic E-state index is 11.1. The minimum absolute atomic E-state index is 0.202. The van der Waals surface area contributed by atoms with Gasteiger partial charge < -0.3 is 10.4 Å². The maximum Gasteiger partial charge on any atom is 0.337 e. The molecule has 0 radical (unpaired) electrons. The van der Waals surface area contributed by atoms with E-state index in [0.717, 1.165) is 24.8 Å². The number of hydrogen-bond donors (Lipinski definition) is 2. The highest BCUT2D eigenvalue weighted by molar-refractivity contribution is 6.01. The minimum Gasteiger partial charge on any atom is -0.478 e. The van der Waals surface area contributed by atoms with E-state index in [4.69, 9.17) is 5.11 Å². The molecule has 0 aliphatic rings. The number of para-hydroxylation sites is 1. The topological polar surface area (TPSA) is 75.1 Å². The average Bonchev–Trinajstić information content (AvgIpc) is 2.38. The minimum atomic E-state index is -0.973. The van der Waals surface area contributed by atoms with E-state index >= 15 is 0 Å². The van der Waals surface area contributed by atoms with Crippen molar-refractivity contribution in [3.05, 3.63) is 30.0 Å². The highest BCUT2D eigenvalue weighted by Gasteiger charge is 2.10. The van der Waals surface area contributed by atoms with Gasteiger partial charge in [0.1, 0.15) is 0 Å². The number of rotatable bonds is 5. The lowest BCUT2D eigenvalue weighted by Gasteiger charge is -2.06. The Morgan fingerprint density at radius 1 is 1.44 bits per heavy atom. The molecule has 0 amide bonds. The lowest BCUT2D eigenvalue weighted by molar-refractivity contribution is 0.0699. The number of nitrogens with one attached hydrogen (secondary N) is 1. The molecule has 0 spiro atoms. The molecule has 0 unspecified atom stereocenters. The maximum atomic E-state index is 11.1. The second-order valence-corrected chi connectivity index (χ2v) is 4.02. The molecular formula is C13H15N3O2. The van der Waals surface area contributed by atoms with Crippen LogP contribution in [0.3, 0.4) is 0 Å².